The van der Waals surface area contributed by atoms with E-state index in [2.05, 4.69) is 5.32 Å². The molecule has 138 valence electrons. The average molecular weight is 360 g/mol. The lowest BCUT2D eigenvalue weighted by molar-refractivity contribution is -0.384. The van der Waals surface area contributed by atoms with Gasteiger partial charge in [0.2, 0.25) is 5.91 Å². The summed E-state index contributed by atoms with van der Waals surface area (Å²) in [4.78, 5) is 50.0. The van der Waals surface area contributed by atoms with E-state index in [-0.39, 0.29) is 18.1 Å². The van der Waals surface area contributed by atoms with Crippen LogP contribution in [0.25, 0.3) is 0 Å². The molecule has 3 rings (SSSR count). The number of non-ortho nitro benzene ring substituents is 1. The zero-order valence-electron chi connectivity index (χ0n) is 14.6. The summed E-state index contributed by atoms with van der Waals surface area (Å²) in [5, 5.41) is 13.4. The van der Waals surface area contributed by atoms with Crippen LogP contribution in [0.1, 0.15) is 25.3 Å². The maximum atomic E-state index is 12.8. The van der Waals surface area contributed by atoms with Gasteiger partial charge in [0.15, 0.2) is 0 Å². The van der Waals surface area contributed by atoms with E-state index in [4.69, 9.17) is 0 Å². The number of amides is 4. The molecule has 4 amide bonds. The number of nitrogens with one attached hydrogen (secondary N) is 1. The first-order valence-corrected chi connectivity index (χ1v) is 8.35. The van der Waals surface area contributed by atoms with Gasteiger partial charge >= 0.3 is 6.03 Å². The van der Waals surface area contributed by atoms with Crippen molar-refractivity contribution in [2.24, 2.45) is 5.92 Å². The van der Waals surface area contributed by atoms with Crippen LogP contribution in [0.15, 0.2) is 24.3 Å². The number of urea groups is 1. The number of likely N-dealkylation sites (N-methyl/N-ethyl adjacent to an activating group) is 1. The lowest BCUT2D eigenvalue weighted by atomic mass is 9.92. The molecule has 0 unspecified atom stereocenters. The fraction of sp³-hybridized carbons (Fsp3) is 0.471. The highest BCUT2D eigenvalue weighted by Crippen LogP contribution is 2.31. The highest BCUT2D eigenvalue weighted by atomic mass is 16.6. The van der Waals surface area contributed by atoms with Crippen LogP contribution >= 0.6 is 0 Å². The molecule has 1 aromatic rings. The highest BCUT2D eigenvalue weighted by molar-refractivity contribution is 6.09. The number of hydrogen-bond donors (Lipinski definition) is 1. The summed E-state index contributed by atoms with van der Waals surface area (Å²) >= 11 is 0. The van der Waals surface area contributed by atoms with Gasteiger partial charge in [-0.05, 0) is 43.4 Å². The normalized spacial score (nSPS) is 22.3. The Bertz CT molecular complexity index is 774. The van der Waals surface area contributed by atoms with Crippen molar-refractivity contribution in [1.29, 1.82) is 0 Å². The van der Waals surface area contributed by atoms with Crippen molar-refractivity contribution < 1.29 is 19.3 Å². The molecule has 9 nitrogen and oxygen atoms in total. The van der Waals surface area contributed by atoms with E-state index in [1.54, 1.807) is 11.9 Å². The van der Waals surface area contributed by atoms with E-state index in [0.29, 0.717) is 18.0 Å². The third kappa shape index (κ3) is 3.24. The topological polar surface area (TPSA) is 113 Å². The number of carbonyl (C=O) groups excluding carboxylic acids is 3. The van der Waals surface area contributed by atoms with E-state index >= 15 is 0 Å². The third-order valence-electron chi connectivity index (χ3n) is 4.88. The quantitative estimate of drug-likeness (QED) is 0.466. The van der Waals surface area contributed by atoms with Crippen molar-refractivity contribution in [3.63, 3.8) is 0 Å². The standard InChI is InChI=1S/C17H20N4O5/c1-17(12-5-7-13(8-6-12)21(25)26)15(23)20(16(24)18-17)10-14(22)19(2)9-11-3-4-11/h5-8,11H,3-4,9-10H2,1-2H3,(H,18,24)/t17-/m1/s1. The van der Waals surface area contributed by atoms with Gasteiger partial charge in [-0.15, -0.1) is 0 Å². The molecule has 9 heteroatoms. The van der Waals surface area contributed by atoms with Gasteiger partial charge in [0, 0.05) is 25.7 Å². The predicted octanol–water partition coefficient (Wildman–Crippen LogP) is 1.23. The smallest absolute Gasteiger partial charge is 0.325 e. The minimum absolute atomic E-state index is 0.108. The van der Waals surface area contributed by atoms with Gasteiger partial charge in [0.25, 0.3) is 11.6 Å². The summed E-state index contributed by atoms with van der Waals surface area (Å²) in [6.45, 7) is 1.82. The Kier molecular flexibility index (Phi) is 4.39. The molecule has 2 fully saturated rings. The Balaban J connectivity index is 1.74. The van der Waals surface area contributed by atoms with Gasteiger partial charge < -0.3 is 10.2 Å². The number of carbonyl (C=O) groups is 3. The number of nitro benzene ring substituents is 1. The highest BCUT2D eigenvalue weighted by Gasteiger charge is 2.49. The van der Waals surface area contributed by atoms with E-state index < -0.39 is 22.4 Å². The second kappa shape index (κ2) is 6.40. The molecule has 26 heavy (non-hydrogen) atoms. The predicted molar refractivity (Wildman–Crippen MR) is 91.1 cm³/mol. The first-order chi connectivity index (χ1) is 12.2. The first kappa shape index (κ1) is 17.8. The van der Waals surface area contributed by atoms with Crippen LogP contribution in [0.5, 0.6) is 0 Å². The molecule has 1 aromatic carbocycles. The zero-order chi connectivity index (χ0) is 19.1. The van der Waals surface area contributed by atoms with Gasteiger partial charge in [-0.3, -0.25) is 24.6 Å². The van der Waals surface area contributed by atoms with Crippen molar-refractivity contribution in [2.45, 2.75) is 25.3 Å². The van der Waals surface area contributed by atoms with Gasteiger partial charge in [-0.2, -0.15) is 0 Å². The number of nitrogens with zero attached hydrogens (tertiary/aromatic N) is 3. The zero-order valence-corrected chi connectivity index (χ0v) is 14.6. The minimum atomic E-state index is -1.36. The summed E-state index contributed by atoms with van der Waals surface area (Å²) in [5.41, 5.74) is -1.05. The van der Waals surface area contributed by atoms with Crippen molar-refractivity contribution in [1.82, 2.24) is 15.1 Å². The molecule has 0 radical (unpaired) electrons. The van der Waals surface area contributed by atoms with Crippen molar-refractivity contribution in [2.75, 3.05) is 20.1 Å². The molecule has 1 aliphatic heterocycles. The Hall–Kier alpha value is -2.97. The van der Waals surface area contributed by atoms with Crippen molar-refractivity contribution in [3.8, 4) is 0 Å². The van der Waals surface area contributed by atoms with Crippen LogP contribution in [-0.2, 0) is 15.1 Å². The minimum Gasteiger partial charge on any atom is -0.344 e. The molecular formula is C17H20N4O5. The molecule has 1 aliphatic carbocycles. The van der Waals surface area contributed by atoms with Gasteiger partial charge in [0.1, 0.15) is 12.1 Å². The molecular weight excluding hydrogens is 340 g/mol. The summed E-state index contributed by atoms with van der Waals surface area (Å²) in [7, 11) is 1.66. The van der Waals surface area contributed by atoms with Crippen LogP contribution in [0.2, 0.25) is 0 Å². The maximum absolute atomic E-state index is 12.8. The Morgan fingerprint density at radius 2 is 1.96 bits per heavy atom. The number of nitro groups is 1. The second-order valence-electron chi connectivity index (χ2n) is 6.97. The number of hydrogen-bond acceptors (Lipinski definition) is 5. The molecule has 1 saturated carbocycles. The number of rotatable bonds is 6. The van der Waals surface area contributed by atoms with Crippen LogP contribution in [0.4, 0.5) is 10.5 Å². The van der Waals surface area contributed by atoms with E-state index in [0.717, 1.165) is 17.7 Å². The summed E-state index contributed by atoms with van der Waals surface area (Å²) in [5.74, 6) is -0.338. The molecule has 2 aliphatic rings. The van der Waals surface area contributed by atoms with Crippen LogP contribution in [0, 0.1) is 16.0 Å². The van der Waals surface area contributed by atoms with E-state index in [9.17, 15) is 24.5 Å². The van der Waals surface area contributed by atoms with Gasteiger partial charge in [-0.1, -0.05) is 0 Å². The van der Waals surface area contributed by atoms with E-state index in [1.165, 1.54) is 31.2 Å². The average Bonchev–Trinajstić information content (AvgIpc) is 3.38. The van der Waals surface area contributed by atoms with Crippen LogP contribution < -0.4 is 5.32 Å². The molecule has 0 aromatic heterocycles. The molecule has 0 spiro atoms. The maximum Gasteiger partial charge on any atom is 0.325 e. The SMILES string of the molecule is CN(CC1CC1)C(=O)CN1C(=O)N[C@](C)(c2ccc([N+](=O)[O-])cc2)C1=O. The van der Waals surface area contributed by atoms with Crippen molar-refractivity contribution in [3.05, 3.63) is 39.9 Å². The molecule has 0 bridgehead atoms. The summed E-state index contributed by atoms with van der Waals surface area (Å²) in [6, 6.07) is 4.76. The van der Waals surface area contributed by atoms with Crippen molar-refractivity contribution >= 4 is 23.5 Å². The van der Waals surface area contributed by atoms with Crippen LogP contribution in [0.3, 0.4) is 0 Å². The lowest BCUT2D eigenvalue weighted by Gasteiger charge is -2.23. The number of imide groups is 1. The first-order valence-electron chi connectivity index (χ1n) is 8.35. The van der Waals surface area contributed by atoms with Crippen LogP contribution in [-0.4, -0.2) is 52.7 Å². The number of benzene rings is 1. The molecule has 1 saturated heterocycles. The lowest BCUT2D eigenvalue weighted by Crippen LogP contribution is -2.44. The fourth-order valence-corrected chi connectivity index (χ4v) is 3.00. The molecule has 1 heterocycles. The summed E-state index contributed by atoms with van der Waals surface area (Å²) in [6.07, 6.45) is 2.19. The Morgan fingerprint density at radius 1 is 1.35 bits per heavy atom. The largest absolute Gasteiger partial charge is 0.344 e. The van der Waals surface area contributed by atoms with Gasteiger partial charge in [-0.25, -0.2) is 4.79 Å². The molecule has 1 N–H and O–H groups in total. The Morgan fingerprint density at radius 3 is 2.50 bits per heavy atom. The summed E-state index contributed by atoms with van der Waals surface area (Å²) < 4.78 is 0. The van der Waals surface area contributed by atoms with Gasteiger partial charge in [0.05, 0.1) is 4.92 Å². The van der Waals surface area contributed by atoms with E-state index in [1.807, 2.05) is 0 Å². The Labute approximate surface area is 150 Å². The third-order valence-corrected chi connectivity index (χ3v) is 4.88. The monoisotopic (exact) mass is 360 g/mol. The molecule has 1 atom stereocenters. The second-order valence-corrected chi connectivity index (χ2v) is 6.97. The fourth-order valence-electron chi connectivity index (χ4n) is 3.00.